The Morgan fingerprint density at radius 3 is 2.04 bits per heavy atom. The molecule has 3 aromatic rings. The highest BCUT2D eigenvalue weighted by atomic mass is 35.5. The fourth-order valence-corrected chi connectivity index (χ4v) is 4.68. The highest BCUT2D eigenvalue weighted by molar-refractivity contribution is 6.31. The zero-order valence-electron chi connectivity index (χ0n) is 27.2. The molecule has 3 amide bonds. The topological polar surface area (TPSA) is 117 Å². The summed E-state index contributed by atoms with van der Waals surface area (Å²) in [6.07, 6.45) is -0.170. The Kier molecular flexibility index (Phi) is 13.1. The molecule has 246 valence electrons. The summed E-state index contributed by atoms with van der Waals surface area (Å²) in [5.41, 5.74) is 2.74. The van der Waals surface area contributed by atoms with Gasteiger partial charge in [0.25, 0.3) is 5.91 Å². The second-order valence-corrected chi connectivity index (χ2v) is 12.2. The van der Waals surface area contributed by atoms with E-state index in [1.54, 1.807) is 76.2 Å². The molecule has 0 spiro atoms. The third-order valence-electron chi connectivity index (χ3n) is 7.05. The van der Waals surface area contributed by atoms with Gasteiger partial charge in [-0.25, -0.2) is 19.6 Å². The third-order valence-corrected chi connectivity index (χ3v) is 7.42. The Bertz CT molecular complexity index is 1470. The number of carbonyl (C=O) groups is 4. The van der Waals surface area contributed by atoms with Crippen LogP contribution in [0, 0.1) is 0 Å². The Morgan fingerprint density at radius 2 is 1.50 bits per heavy atom. The summed E-state index contributed by atoms with van der Waals surface area (Å²) in [4.78, 5) is 52.6. The minimum atomic E-state index is -1.56. The van der Waals surface area contributed by atoms with Crippen molar-refractivity contribution in [3.05, 3.63) is 100 Å². The maximum Gasteiger partial charge on any atom is 0.411 e. The van der Waals surface area contributed by atoms with Crippen LogP contribution in [0.4, 0.5) is 10.5 Å². The van der Waals surface area contributed by atoms with Gasteiger partial charge in [0, 0.05) is 22.8 Å². The van der Waals surface area contributed by atoms with Gasteiger partial charge >= 0.3 is 12.1 Å². The quantitative estimate of drug-likeness (QED) is 0.0900. The van der Waals surface area contributed by atoms with Crippen molar-refractivity contribution < 1.29 is 28.7 Å². The number of hydrogen-bond donors (Lipinski definition) is 2. The minimum absolute atomic E-state index is 0.0312. The van der Waals surface area contributed by atoms with Crippen LogP contribution < -0.4 is 10.6 Å². The lowest BCUT2D eigenvalue weighted by atomic mass is 10.1. The Morgan fingerprint density at radius 1 is 0.913 bits per heavy atom. The van der Waals surface area contributed by atoms with E-state index in [2.05, 4.69) is 10.6 Å². The van der Waals surface area contributed by atoms with Gasteiger partial charge in [-0.3, -0.25) is 14.9 Å². The molecular formula is C35H43ClN4O6. The molecule has 0 aromatic heterocycles. The maximum atomic E-state index is 13.6. The van der Waals surface area contributed by atoms with Crippen molar-refractivity contribution in [3.8, 4) is 0 Å². The number of nitrogens with zero attached hydrogens (tertiary/aromatic N) is 2. The normalized spacial score (nSPS) is 12.5. The highest BCUT2D eigenvalue weighted by Gasteiger charge is 2.37. The van der Waals surface area contributed by atoms with Crippen molar-refractivity contribution in [3.63, 3.8) is 0 Å². The Labute approximate surface area is 276 Å². The van der Waals surface area contributed by atoms with Crippen LogP contribution >= 0.6 is 11.6 Å². The van der Waals surface area contributed by atoms with E-state index in [-0.39, 0.29) is 13.2 Å². The van der Waals surface area contributed by atoms with Gasteiger partial charge in [-0.1, -0.05) is 67.9 Å². The molecule has 2 atom stereocenters. The van der Waals surface area contributed by atoms with Crippen molar-refractivity contribution in [1.29, 1.82) is 0 Å². The molecule has 11 heteroatoms. The van der Waals surface area contributed by atoms with E-state index in [1.165, 1.54) is 5.01 Å². The van der Waals surface area contributed by atoms with E-state index in [9.17, 15) is 19.2 Å². The molecule has 10 nitrogen and oxygen atoms in total. The largest absolute Gasteiger partial charge is 0.457 e. The molecule has 3 aromatic carbocycles. The van der Waals surface area contributed by atoms with Gasteiger partial charge in [-0.05, 0) is 87.6 Å². The zero-order valence-corrected chi connectivity index (χ0v) is 28.0. The molecule has 3 rings (SSSR count). The monoisotopic (exact) mass is 650 g/mol. The molecule has 0 radical (unpaired) electrons. The van der Waals surface area contributed by atoms with Crippen LogP contribution in [0.15, 0.2) is 72.8 Å². The molecule has 0 aliphatic rings. The minimum Gasteiger partial charge on any atom is -0.457 e. The molecule has 0 aliphatic carbocycles. The number of hydrogen-bond acceptors (Lipinski definition) is 7. The second kappa shape index (κ2) is 16.8. The van der Waals surface area contributed by atoms with Gasteiger partial charge in [0.2, 0.25) is 12.6 Å². The lowest BCUT2D eigenvalue weighted by Gasteiger charge is -2.40. The number of halogens is 1. The first-order valence-electron chi connectivity index (χ1n) is 15.2. The third kappa shape index (κ3) is 10.6. The summed E-state index contributed by atoms with van der Waals surface area (Å²) < 4.78 is 11.2. The van der Waals surface area contributed by atoms with E-state index in [1.807, 2.05) is 38.1 Å². The van der Waals surface area contributed by atoms with Gasteiger partial charge in [0.05, 0.1) is 6.04 Å². The summed E-state index contributed by atoms with van der Waals surface area (Å²) in [7, 11) is 0. The number of aryl methyl sites for hydroxylation is 2. The van der Waals surface area contributed by atoms with E-state index >= 15 is 0 Å². The molecule has 0 aliphatic heterocycles. The van der Waals surface area contributed by atoms with Crippen molar-refractivity contribution in [1.82, 2.24) is 15.3 Å². The van der Waals surface area contributed by atoms with Gasteiger partial charge in [-0.15, -0.1) is 0 Å². The van der Waals surface area contributed by atoms with Crippen LogP contribution in [0.1, 0.15) is 68.6 Å². The number of nitrogens with one attached hydrogen (secondary N) is 2. The number of anilines is 1. The van der Waals surface area contributed by atoms with Crippen LogP contribution in [0.5, 0.6) is 0 Å². The average Bonchev–Trinajstić information content (AvgIpc) is 3.03. The number of benzene rings is 3. The second-order valence-electron chi connectivity index (χ2n) is 11.8. The highest BCUT2D eigenvalue weighted by Crippen LogP contribution is 2.22. The predicted molar refractivity (Wildman–Crippen MR) is 178 cm³/mol. The number of esters is 1. The lowest BCUT2D eigenvalue weighted by Crippen LogP contribution is -2.62. The average molecular weight is 651 g/mol. The summed E-state index contributed by atoms with van der Waals surface area (Å²) in [5, 5.41) is 8.34. The van der Waals surface area contributed by atoms with Crippen LogP contribution in [0.2, 0.25) is 5.02 Å². The van der Waals surface area contributed by atoms with Gasteiger partial charge in [-0.2, -0.15) is 0 Å². The van der Waals surface area contributed by atoms with E-state index in [0.717, 1.165) is 29.0 Å². The molecular weight excluding hydrogens is 608 g/mol. The maximum absolute atomic E-state index is 13.6. The fourth-order valence-electron chi connectivity index (χ4n) is 4.49. The number of hydrazine groups is 1. The van der Waals surface area contributed by atoms with Crippen LogP contribution in [0.3, 0.4) is 0 Å². The lowest BCUT2D eigenvalue weighted by molar-refractivity contribution is -0.180. The van der Waals surface area contributed by atoms with Crippen molar-refractivity contribution in [2.24, 2.45) is 0 Å². The van der Waals surface area contributed by atoms with Crippen molar-refractivity contribution >= 4 is 41.7 Å². The molecule has 2 N–H and O–H groups in total. The molecule has 0 saturated heterocycles. The number of rotatable bonds is 14. The SMILES string of the molecule is CCc1ccc(NC(=O)OC[C@H](C)N(Cc2ccccc2Cl)N(C=O)C(NC(=O)c2ccc(CC)cc2)C(=O)OC(C)(C)C)cc1. The Balaban J connectivity index is 1.91. The first-order chi connectivity index (χ1) is 21.8. The Hall–Kier alpha value is -4.41. The predicted octanol–water partition coefficient (Wildman–Crippen LogP) is 6.38. The van der Waals surface area contributed by atoms with E-state index in [4.69, 9.17) is 21.1 Å². The van der Waals surface area contributed by atoms with Crippen LogP contribution in [0.25, 0.3) is 0 Å². The van der Waals surface area contributed by atoms with Crippen molar-refractivity contribution in [2.75, 3.05) is 11.9 Å². The molecule has 46 heavy (non-hydrogen) atoms. The van der Waals surface area contributed by atoms with E-state index < -0.39 is 35.8 Å². The number of ether oxygens (including phenoxy) is 2. The number of carbonyl (C=O) groups excluding carboxylic acids is 4. The fraction of sp³-hybridized carbons (Fsp3) is 0.371. The van der Waals surface area contributed by atoms with Crippen LogP contribution in [-0.2, 0) is 38.4 Å². The summed E-state index contributed by atoms with van der Waals surface area (Å²) in [6.45, 7) is 10.7. The summed E-state index contributed by atoms with van der Waals surface area (Å²) in [6, 6.07) is 20.7. The first-order valence-corrected chi connectivity index (χ1v) is 15.6. The number of amides is 3. The molecule has 0 fully saturated rings. The summed E-state index contributed by atoms with van der Waals surface area (Å²) >= 11 is 6.49. The molecule has 0 saturated carbocycles. The first kappa shape index (κ1) is 36.1. The smallest absolute Gasteiger partial charge is 0.411 e. The standard InChI is InChI=1S/C35H43ClN4O6/c1-7-25-13-17-27(18-14-25)32(42)38-31(33(43)46-35(4,5)6)40(23-41)39(21-28-11-9-10-12-30(28)36)24(3)22-45-34(44)37-29-19-15-26(8-2)16-20-29/h9-20,23-24,31H,7-8,21-22H2,1-6H3,(H,37,44)(H,38,42)/t24-,31?/m0/s1. The molecule has 1 unspecified atom stereocenters. The molecule has 0 heterocycles. The van der Waals surface area contributed by atoms with Gasteiger partial charge in [0.15, 0.2) is 0 Å². The van der Waals surface area contributed by atoms with Gasteiger partial charge < -0.3 is 14.8 Å². The van der Waals surface area contributed by atoms with Crippen molar-refractivity contribution in [2.45, 2.75) is 78.7 Å². The zero-order chi connectivity index (χ0) is 33.9. The summed E-state index contributed by atoms with van der Waals surface area (Å²) in [5.74, 6) is -1.44. The van der Waals surface area contributed by atoms with Gasteiger partial charge in [0.1, 0.15) is 12.2 Å². The van der Waals surface area contributed by atoms with E-state index in [0.29, 0.717) is 28.2 Å². The van der Waals surface area contributed by atoms with Crippen LogP contribution in [-0.4, -0.2) is 58.8 Å². The molecule has 0 bridgehead atoms.